The van der Waals surface area contributed by atoms with Crippen LogP contribution in [0.1, 0.15) is 47.7 Å². The van der Waals surface area contributed by atoms with Gasteiger partial charge in [0.15, 0.2) is 0 Å². The van der Waals surface area contributed by atoms with Gasteiger partial charge < -0.3 is 14.4 Å². The number of rotatable bonds is 4. The lowest BCUT2D eigenvalue weighted by Crippen LogP contribution is -2.45. The zero-order valence-corrected chi connectivity index (χ0v) is 19.2. The van der Waals surface area contributed by atoms with Crippen LogP contribution in [-0.2, 0) is 20.8 Å². The first-order valence-electron chi connectivity index (χ1n) is 11.6. The minimum atomic E-state index is 0.114. The van der Waals surface area contributed by atoms with Crippen molar-refractivity contribution in [1.82, 2.24) is 14.8 Å². The van der Waals surface area contributed by atoms with E-state index in [2.05, 4.69) is 28.6 Å². The fourth-order valence-corrected chi connectivity index (χ4v) is 6.99. The van der Waals surface area contributed by atoms with Crippen molar-refractivity contribution in [1.29, 1.82) is 0 Å². The van der Waals surface area contributed by atoms with Gasteiger partial charge in [-0.3, -0.25) is 9.69 Å². The van der Waals surface area contributed by atoms with Crippen LogP contribution in [0.3, 0.4) is 0 Å². The van der Waals surface area contributed by atoms with E-state index in [0.717, 1.165) is 76.8 Å². The summed E-state index contributed by atoms with van der Waals surface area (Å²) >= 11 is 1.82. The minimum absolute atomic E-state index is 0.114. The number of amides is 1. The largest absolute Gasteiger partial charge is 0.381 e. The van der Waals surface area contributed by atoms with Crippen molar-refractivity contribution in [2.75, 3.05) is 46.0 Å². The van der Waals surface area contributed by atoms with Gasteiger partial charge in [-0.2, -0.15) is 0 Å². The van der Waals surface area contributed by atoms with E-state index in [1.165, 1.54) is 17.0 Å². The molecule has 0 aliphatic carbocycles. The van der Waals surface area contributed by atoms with Crippen molar-refractivity contribution in [2.24, 2.45) is 17.3 Å². The van der Waals surface area contributed by atoms with Gasteiger partial charge in [0.2, 0.25) is 5.91 Å². The first kappa shape index (κ1) is 20.9. The SMILES string of the molecule is Cc1nc(C)c(CN2CC[C@@H]3[C@@H](CO[C@H]3CC(=O)N3CCC4(CCOC4)CC3)C2)s1. The molecule has 4 aliphatic heterocycles. The molecule has 1 aromatic rings. The molecule has 5 rings (SSSR count). The third-order valence-corrected chi connectivity index (χ3v) is 9.04. The highest BCUT2D eigenvalue weighted by atomic mass is 32.1. The molecule has 0 unspecified atom stereocenters. The number of thiazole rings is 1. The molecule has 0 saturated carbocycles. The normalized spacial score (nSPS) is 31.4. The summed E-state index contributed by atoms with van der Waals surface area (Å²) in [5.41, 5.74) is 1.53. The first-order chi connectivity index (χ1) is 14.5. The summed E-state index contributed by atoms with van der Waals surface area (Å²) in [6, 6.07) is 0. The predicted octanol–water partition coefficient (Wildman–Crippen LogP) is 3.02. The van der Waals surface area contributed by atoms with E-state index >= 15 is 0 Å². The summed E-state index contributed by atoms with van der Waals surface area (Å²) in [5.74, 6) is 1.40. The monoisotopic (exact) mass is 433 g/mol. The Morgan fingerprint density at radius 1 is 1.23 bits per heavy atom. The molecule has 4 aliphatic rings. The Bertz CT molecular complexity index is 766. The van der Waals surface area contributed by atoms with Crippen molar-refractivity contribution in [3.8, 4) is 0 Å². The Morgan fingerprint density at radius 3 is 2.77 bits per heavy atom. The van der Waals surface area contributed by atoms with Gasteiger partial charge >= 0.3 is 0 Å². The highest BCUT2D eigenvalue weighted by molar-refractivity contribution is 7.11. The number of aryl methyl sites for hydroxylation is 2. The van der Waals surface area contributed by atoms with Crippen LogP contribution in [0, 0.1) is 31.1 Å². The second-order valence-corrected chi connectivity index (χ2v) is 11.2. The van der Waals surface area contributed by atoms with Gasteiger partial charge in [0.25, 0.3) is 0 Å². The summed E-state index contributed by atoms with van der Waals surface area (Å²) in [5, 5.41) is 1.16. The smallest absolute Gasteiger partial charge is 0.225 e. The van der Waals surface area contributed by atoms with Crippen molar-refractivity contribution >= 4 is 17.2 Å². The number of fused-ring (bicyclic) bond motifs is 1. The number of hydrogen-bond acceptors (Lipinski definition) is 6. The lowest BCUT2D eigenvalue weighted by molar-refractivity contribution is -0.136. The molecule has 0 aromatic carbocycles. The molecule has 1 aromatic heterocycles. The molecule has 30 heavy (non-hydrogen) atoms. The number of aromatic nitrogens is 1. The molecule has 5 heterocycles. The van der Waals surface area contributed by atoms with Crippen molar-refractivity contribution in [2.45, 2.75) is 58.6 Å². The van der Waals surface area contributed by atoms with E-state index in [0.29, 0.717) is 29.6 Å². The maximum absolute atomic E-state index is 13.0. The first-order valence-corrected chi connectivity index (χ1v) is 12.5. The molecule has 4 fully saturated rings. The van der Waals surface area contributed by atoms with Gasteiger partial charge in [-0.1, -0.05) is 0 Å². The molecule has 1 amide bonds. The molecule has 0 N–H and O–H groups in total. The average Bonchev–Trinajstić information content (AvgIpc) is 3.43. The molecule has 166 valence electrons. The van der Waals surface area contributed by atoms with E-state index in [-0.39, 0.29) is 6.10 Å². The van der Waals surface area contributed by atoms with E-state index in [1.54, 1.807) is 0 Å². The zero-order valence-electron chi connectivity index (χ0n) is 18.4. The maximum atomic E-state index is 13.0. The van der Waals surface area contributed by atoms with E-state index in [4.69, 9.17) is 9.47 Å². The van der Waals surface area contributed by atoms with Crippen molar-refractivity contribution in [3.63, 3.8) is 0 Å². The number of ether oxygens (including phenoxy) is 2. The maximum Gasteiger partial charge on any atom is 0.225 e. The fourth-order valence-electron chi connectivity index (χ4n) is 6.01. The average molecular weight is 434 g/mol. The van der Waals surface area contributed by atoms with Gasteiger partial charge in [-0.05, 0) is 57.4 Å². The van der Waals surface area contributed by atoms with Crippen LogP contribution in [0.15, 0.2) is 0 Å². The summed E-state index contributed by atoms with van der Waals surface area (Å²) in [4.78, 5) is 23.6. The summed E-state index contributed by atoms with van der Waals surface area (Å²) in [6.45, 7) is 11.8. The number of piperidine rings is 2. The van der Waals surface area contributed by atoms with Crippen molar-refractivity contribution in [3.05, 3.63) is 15.6 Å². The number of hydrogen-bond donors (Lipinski definition) is 0. The van der Waals surface area contributed by atoms with E-state index in [1.807, 2.05) is 11.3 Å². The van der Waals surface area contributed by atoms with Crippen molar-refractivity contribution < 1.29 is 14.3 Å². The number of likely N-dealkylation sites (tertiary alicyclic amines) is 2. The van der Waals surface area contributed by atoms with Gasteiger partial charge in [-0.25, -0.2) is 4.98 Å². The standard InChI is InChI=1S/C23H35N3O3S/c1-16-21(30-17(2)24-16)13-25-7-3-19-18(12-25)14-29-20(19)11-22(27)26-8-4-23(5-9-26)6-10-28-15-23/h18-20H,3-15H2,1-2H3/t18-,19-,20+/m1/s1. The Balaban J connectivity index is 1.11. The third kappa shape index (κ3) is 4.18. The minimum Gasteiger partial charge on any atom is -0.381 e. The molecule has 6 nitrogen and oxygen atoms in total. The summed E-state index contributed by atoms with van der Waals surface area (Å²) in [6.07, 6.45) is 5.19. The van der Waals surface area contributed by atoms with Gasteiger partial charge in [-0.15, -0.1) is 11.3 Å². The van der Waals surface area contributed by atoms with Crippen LogP contribution < -0.4 is 0 Å². The lowest BCUT2D eigenvalue weighted by Gasteiger charge is -2.39. The van der Waals surface area contributed by atoms with Crippen LogP contribution in [0.4, 0.5) is 0 Å². The molecule has 4 saturated heterocycles. The van der Waals surface area contributed by atoms with Crippen LogP contribution in [-0.4, -0.2) is 72.8 Å². The zero-order chi connectivity index (χ0) is 20.7. The molecular formula is C23H35N3O3S. The molecule has 0 bridgehead atoms. The quantitative estimate of drug-likeness (QED) is 0.731. The molecular weight excluding hydrogens is 398 g/mol. The van der Waals surface area contributed by atoms with Crippen LogP contribution in [0.25, 0.3) is 0 Å². The lowest BCUT2D eigenvalue weighted by atomic mass is 9.78. The molecule has 7 heteroatoms. The third-order valence-electron chi connectivity index (χ3n) is 7.98. The summed E-state index contributed by atoms with van der Waals surface area (Å²) in [7, 11) is 0. The second-order valence-electron chi connectivity index (χ2n) is 9.95. The fraction of sp³-hybridized carbons (Fsp3) is 0.826. The second kappa shape index (κ2) is 8.49. The van der Waals surface area contributed by atoms with Crippen LogP contribution in [0.5, 0.6) is 0 Å². The molecule has 1 spiro atoms. The van der Waals surface area contributed by atoms with Gasteiger partial charge in [0.05, 0.1) is 36.4 Å². The highest BCUT2D eigenvalue weighted by Gasteiger charge is 2.43. The number of nitrogens with zero attached hydrogens (tertiary/aromatic N) is 3. The Labute approximate surface area is 183 Å². The molecule has 0 radical (unpaired) electrons. The number of carbonyl (C=O) groups is 1. The predicted molar refractivity (Wildman–Crippen MR) is 117 cm³/mol. The molecule has 3 atom stereocenters. The van der Waals surface area contributed by atoms with Crippen LogP contribution in [0.2, 0.25) is 0 Å². The Kier molecular flexibility index (Phi) is 5.90. The Morgan fingerprint density at radius 2 is 2.07 bits per heavy atom. The van der Waals surface area contributed by atoms with E-state index < -0.39 is 0 Å². The van der Waals surface area contributed by atoms with Crippen LogP contribution >= 0.6 is 11.3 Å². The number of carbonyl (C=O) groups excluding carboxylic acids is 1. The summed E-state index contributed by atoms with van der Waals surface area (Å²) < 4.78 is 11.8. The Hall–Kier alpha value is -1.02. The topological polar surface area (TPSA) is 54.9 Å². The van der Waals surface area contributed by atoms with Gasteiger partial charge in [0.1, 0.15) is 0 Å². The van der Waals surface area contributed by atoms with Gasteiger partial charge in [0, 0.05) is 43.6 Å². The highest BCUT2D eigenvalue weighted by Crippen LogP contribution is 2.40. The van der Waals surface area contributed by atoms with E-state index in [9.17, 15) is 4.79 Å².